The Morgan fingerprint density at radius 1 is 1.61 bits per heavy atom. The van der Waals surface area contributed by atoms with E-state index in [0.717, 1.165) is 30.9 Å². The Morgan fingerprint density at radius 2 is 2.44 bits per heavy atom. The molecule has 0 aliphatic carbocycles. The average molecular weight is 269 g/mol. The summed E-state index contributed by atoms with van der Waals surface area (Å²) in [5.74, 6) is 0.280. The third-order valence-electron chi connectivity index (χ3n) is 3.12. The average Bonchev–Trinajstić information content (AvgIpc) is 2.75. The number of aromatic nitrogens is 2. The zero-order valence-corrected chi connectivity index (χ0v) is 11.4. The van der Waals surface area contributed by atoms with Gasteiger partial charge < -0.3 is 16.0 Å². The van der Waals surface area contributed by atoms with Crippen LogP contribution in [0.3, 0.4) is 0 Å². The molecule has 100 valence electrons. The lowest BCUT2D eigenvalue weighted by Crippen LogP contribution is -2.41. The van der Waals surface area contributed by atoms with Gasteiger partial charge in [-0.3, -0.25) is 4.79 Å². The molecule has 1 fully saturated rings. The monoisotopic (exact) mass is 269 g/mol. The van der Waals surface area contributed by atoms with Crippen LogP contribution in [0.15, 0.2) is 0 Å². The van der Waals surface area contributed by atoms with Crippen molar-refractivity contribution in [1.82, 2.24) is 20.4 Å². The molecule has 6 nitrogen and oxygen atoms in total. The quantitative estimate of drug-likeness (QED) is 0.811. The number of hydrogen-bond donors (Lipinski definition) is 2. The zero-order valence-electron chi connectivity index (χ0n) is 10.6. The number of nitrogens with one attached hydrogen (secondary N) is 1. The van der Waals surface area contributed by atoms with Crippen molar-refractivity contribution in [3.63, 3.8) is 0 Å². The molecule has 0 bridgehead atoms. The molecule has 0 saturated carbocycles. The van der Waals surface area contributed by atoms with E-state index in [4.69, 9.17) is 5.73 Å². The lowest BCUT2D eigenvalue weighted by atomic mass is 9.97. The number of hydrogen-bond acceptors (Lipinski definition) is 6. The minimum Gasteiger partial charge on any atom is -0.374 e. The maximum absolute atomic E-state index is 11.9. The Bertz CT molecular complexity index is 408. The fourth-order valence-electron chi connectivity index (χ4n) is 2.18. The van der Waals surface area contributed by atoms with E-state index in [1.165, 1.54) is 11.3 Å². The maximum atomic E-state index is 11.9. The topological polar surface area (TPSA) is 84.1 Å². The lowest BCUT2D eigenvalue weighted by Gasteiger charge is -2.28. The van der Waals surface area contributed by atoms with Gasteiger partial charge in [0.15, 0.2) is 0 Å². The second-order valence-electron chi connectivity index (χ2n) is 4.68. The van der Waals surface area contributed by atoms with Gasteiger partial charge >= 0.3 is 0 Å². The molecule has 3 N–H and O–H groups in total. The molecule has 1 saturated heterocycles. The number of amides is 1. The van der Waals surface area contributed by atoms with Gasteiger partial charge in [-0.2, -0.15) is 0 Å². The number of anilines is 1. The molecule has 2 rings (SSSR count). The Labute approximate surface area is 111 Å². The first kappa shape index (κ1) is 13.2. The van der Waals surface area contributed by atoms with E-state index in [2.05, 4.69) is 27.5 Å². The number of nitrogens with two attached hydrogens (primary N) is 1. The SMILES string of the molecule is CN1CCC[C@@H](C(=O)NCCc2nnc(N)s2)C1. The molecular formula is C11H19N5OS. The van der Waals surface area contributed by atoms with Crippen LogP contribution in [0.4, 0.5) is 5.13 Å². The maximum Gasteiger partial charge on any atom is 0.224 e. The van der Waals surface area contributed by atoms with Gasteiger partial charge in [-0.25, -0.2) is 0 Å². The van der Waals surface area contributed by atoms with Gasteiger partial charge in [0.2, 0.25) is 11.0 Å². The van der Waals surface area contributed by atoms with Gasteiger partial charge in [-0.1, -0.05) is 11.3 Å². The molecule has 1 amide bonds. The van der Waals surface area contributed by atoms with E-state index in [9.17, 15) is 4.79 Å². The summed E-state index contributed by atoms with van der Waals surface area (Å²) in [7, 11) is 2.06. The smallest absolute Gasteiger partial charge is 0.224 e. The molecule has 18 heavy (non-hydrogen) atoms. The van der Waals surface area contributed by atoms with Crippen molar-refractivity contribution < 1.29 is 4.79 Å². The van der Waals surface area contributed by atoms with Crippen molar-refractivity contribution in [3.05, 3.63) is 5.01 Å². The van der Waals surface area contributed by atoms with Gasteiger partial charge in [0.25, 0.3) is 0 Å². The van der Waals surface area contributed by atoms with E-state index in [-0.39, 0.29) is 11.8 Å². The normalized spacial score (nSPS) is 20.8. The third kappa shape index (κ3) is 3.64. The van der Waals surface area contributed by atoms with Crippen LogP contribution in [0.2, 0.25) is 0 Å². The first-order chi connectivity index (χ1) is 8.65. The summed E-state index contributed by atoms with van der Waals surface area (Å²) in [5, 5.41) is 12.0. The van der Waals surface area contributed by atoms with Crippen molar-refractivity contribution in [2.75, 3.05) is 32.4 Å². The number of carbonyl (C=O) groups is 1. The molecule has 0 radical (unpaired) electrons. The Kier molecular flexibility index (Phi) is 4.48. The molecule has 7 heteroatoms. The first-order valence-electron chi connectivity index (χ1n) is 6.19. The minimum atomic E-state index is 0.128. The summed E-state index contributed by atoms with van der Waals surface area (Å²) in [6, 6.07) is 0. The van der Waals surface area contributed by atoms with E-state index in [1.807, 2.05) is 0 Å². The van der Waals surface area contributed by atoms with Crippen LogP contribution in [0.25, 0.3) is 0 Å². The van der Waals surface area contributed by atoms with Crippen LogP contribution in [0.5, 0.6) is 0 Å². The van der Waals surface area contributed by atoms with E-state index in [0.29, 0.717) is 18.1 Å². The van der Waals surface area contributed by atoms with E-state index in [1.54, 1.807) is 0 Å². The minimum absolute atomic E-state index is 0.128. The van der Waals surface area contributed by atoms with Gasteiger partial charge in [0.1, 0.15) is 5.01 Å². The highest BCUT2D eigenvalue weighted by Gasteiger charge is 2.23. The molecule has 2 heterocycles. The zero-order chi connectivity index (χ0) is 13.0. The van der Waals surface area contributed by atoms with Gasteiger partial charge in [0.05, 0.1) is 5.92 Å². The first-order valence-corrected chi connectivity index (χ1v) is 7.01. The summed E-state index contributed by atoms with van der Waals surface area (Å²) in [4.78, 5) is 14.2. The van der Waals surface area contributed by atoms with Crippen molar-refractivity contribution >= 4 is 22.4 Å². The van der Waals surface area contributed by atoms with Crippen molar-refractivity contribution in [2.45, 2.75) is 19.3 Å². The fraction of sp³-hybridized carbons (Fsp3) is 0.727. The molecule has 1 aliphatic rings. The molecule has 1 aromatic heterocycles. The van der Waals surface area contributed by atoms with Crippen LogP contribution in [-0.4, -0.2) is 47.7 Å². The number of carbonyl (C=O) groups excluding carboxylic acids is 1. The third-order valence-corrected chi connectivity index (χ3v) is 3.93. The molecule has 0 spiro atoms. The number of nitrogens with zero attached hydrogens (tertiary/aromatic N) is 3. The Hall–Kier alpha value is -1.21. The summed E-state index contributed by atoms with van der Waals surface area (Å²) < 4.78 is 0. The summed E-state index contributed by atoms with van der Waals surface area (Å²) in [6.45, 7) is 2.55. The summed E-state index contributed by atoms with van der Waals surface area (Å²) in [5.41, 5.74) is 5.49. The molecular weight excluding hydrogens is 250 g/mol. The fourth-order valence-corrected chi connectivity index (χ4v) is 2.79. The predicted octanol–water partition coefficient (Wildman–Crippen LogP) is 0.121. The molecule has 1 aromatic rings. The van der Waals surface area contributed by atoms with Crippen molar-refractivity contribution in [1.29, 1.82) is 0 Å². The lowest BCUT2D eigenvalue weighted by molar-refractivity contribution is -0.126. The molecule has 1 atom stereocenters. The highest BCUT2D eigenvalue weighted by atomic mass is 32.1. The van der Waals surface area contributed by atoms with Gasteiger partial charge in [-0.05, 0) is 26.4 Å². The van der Waals surface area contributed by atoms with Crippen molar-refractivity contribution in [3.8, 4) is 0 Å². The second-order valence-corrected chi connectivity index (χ2v) is 5.77. The van der Waals surface area contributed by atoms with Crippen LogP contribution in [0, 0.1) is 5.92 Å². The van der Waals surface area contributed by atoms with Gasteiger partial charge in [-0.15, -0.1) is 10.2 Å². The van der Waals surface area contributed by atoms with Crippen molar-refractivity contribution in [2.24, 2.45) is 5.92 Å². The Morgan fingerprint density at radius 3 is 3.11 bits per heavy atom. The second kappa shape index (κ2) is 6.10. The van der Waals surface area contributed by atoms with Crippen LogP contribution >= 0.6 is 11.3 Å². The highest BCUT2D eigenvalue weighted by Crippen LogP contribution is 2.15. The summed E-state index contributed by atoms with van der Waals surface area (Å²) in [6.07, 6.45) is 2.78. The molecule has 0 aromatic carbocycles. The van der Waals surface area contributed by atoms with Crippen LogP contribution in [-0.2, 0) is 11.2 Å². The molecule has 1 aliphatic heterocycles. The van der Waals surface area contributed by atoms with E-state index >= 15 is 0 Å². The van der Waals surface area contributed by atoms with Gasteiger partial charge in [0, 0.05) is 19.5 Å². The van der Waals surface area contributed by atoms with E-state index < -0.39 is 0 Å². The number of nitrogen functional groups attached to an aromatic ring is 1. The largest absolute Gasteiger partial charge is 0.374 e. The summed E-state index contributed by atoms with van der Waals surface area (Å²) >= 11 is 1.37. The Balaban J connectivity index is 1.71. The van der Waals surface area contributed by atoms with Crippen LogP contribution < -0.4 is 11.1 Å². The molecule has 0 unspecified atom stereocenters. The number of piperidine rings is 1. The number of likely N-dealkylation sites (tertiary alicyclic amines) is 1. The van der Waals surface area contributed by atoms with Crippen LogP contribution in [0.1, 0.15) is 17.8 Å². The highest BCUT2D eigenvalue weighted by molar-refractivity contribution is 7.15. The standard InChI is InChI=1S/C11H19N5OS/c1-16-6-2-3-8(7-16)10(17)13-5-4-9-14-15-11(12)18-9/h8H,2-7H2,1H3,(H2,12,15)(H,13,17)/t8-/m1/s1. The predicted molar refractivity (Wildman–Crippen MR) is 71.3 cm³/mol. The number of rotatable bonds is 4.